The highest BCUT2D eigenvalue weighted by Gasteiger charge is 2.27. The molecule has 15 heavy (non-hydrogen) atoms. The number of aliphatic carboxylic acids is 1. The van der Waals surface area contributed by atoms with Gasteiger partial charge < -0.3 is 15.2 Å². The van der Waals surface area contributed by atoms with Crippen molar-refractivity contribution in [3.05, 3.63) is 0 Å². The number of terminal acetylenes is 1. The fourth-order valence-corrected chi connectivity index (χ4v) is 1.37. The quantitative estimate of drug-likeness (QED) is 0.629. The summed E-state index contributed by atoms with van der Waals surface area (Å²) in [7, 11) is 0. The molecule has 0 aromatic carbocycles. The van der Waals surface area contributed by atoms with Crippen LogP contribution in [0.5, 0.6) is 0 Å². The summed E-state index contributed by atoms with van der Waals surface area (Å²) in [6.07, 6.45) is 5.91. The number of ether oxygens (including phenoxy) is 1. The molecule has 5 nitrogen and oxygen atoms in total. The van der Waals surface area contributed by atoms with Crippen LogP contribution in [0.1, 0.15) is 19.3 Å². The fourth-order valence-electron chi connectivity index (χ4n) is 1.37. The van der Waals surface area contributed by atoms with Crippen molar-refractivity contribution in [2.75, 3.05) is 6.61 Å². The summed E-state index contributed by atoms with van der Waals surface area (Å²) in [5.41, 5.74) is 0. The first-order valence-electron chi connectivity index (χ1n) is 4.73. The molecule has 0 aromatic heterocycles. The van der Waals surface area contributed by atoms with E-state index < -0.39 is 24.0 Å². The summed E-state index contributed by atoms with van der Waals surface area (Å²) in [4.78, 5) is 22.2. The first kappa shape index (κ1) is 11.5. The van der Waals surface area contributed by atoms with Crippen LogP contribution in [0.2, 0.25) is 0 Å². The first-order chi connectivity index (χ1) is 7.15. The molecule has 0 unspecified atom stereocenters. The Kier molecular flexibility index (Phi) is 4.13. The lowest BCUT2D eigenvalue weighted by molar-refractivity contribution is -0.143. The Labute approximate surface area is 87.8 Å². The van der Waals surface area contributed by atoms with Crippen molar-refractivity contribution in [1.82, 2.24) is 5.32 Å². The summed E-state index contributed by atoms with van der Waals surface area (Å²) in [5, 5.41) is 11.1. The average Bonchev–Trinajstić information content (AvgIpc) is 2.69. The normalized spacial score (nSPS) is 21.7. The predicted molar refractivity (Wildman–Crippen MR) is 52.0 cm³/mol. The molecule has 1 aliphatic heterocycles. The highest BCUT2D eigenvalue weighted by Crippen LogP contribution is 2.12. The summed E-state index contributed by atoms with van der Waals surface area (Å²) in [6.45, 7) is 0.547. The maximum Gasteiger partial charge on any atom is 0.327 e. The third kappa shape index (κ3) is 3.26. The molecule has 5 heteroatoms. The lowest BCUT2D eigenvalue weighted by Gasteiger charge is -2.14. The Hall–Kier alpha value is -1.54. The minimum Gasteiger partial charge on any atom is -0.480 e. The Morgan fingerprint density at radius 1 is 1.67 bits per heavy atom. The monoisotopic (exact) mass is 211 g/mol. The third-order valence-corrected chi connectivity index (χ3v) is 2.16. The second-order valence-corrected chi connectivity index (χ2v) is 3.31. The zero-order chi connectivity index (χ0) is 11.3. The molecular formula is C10H13NO4. The van der Waals surface area contributed by atoms with Crippen molar-refractivity contribution in [3.63, 3.8) is 0 Å². The van der Waals surface area contributed by atoms with Crippen molar-refractivity contribution < 1.29 is 19.4 Å². The minimum atomic E-state index is -1.13. The van der Waals surface area contributed by atoms with E-state index >= 15 is 0 Å². The van der Waals surface area contributed by atoms with Gasteiger partial charge in [-0.3, -0.25) is 4.79 Å². The average molecular weight is 211 g/mol. The highest BCUT2D eigenvalue weighted by molar-refractivity contribution is 5.86. The Balaban J connectivity index is 2.46. The number of carbonyl (C=O) groups excluding carboxylic acids is 1. The van der Waals surface area contributed by atoms with Crippen LogP contribution in [0.4, 0.5) is 0 Å². The van der Waals surface area contributed by atoms with Crippen LogP contribution in [0.3, 0.4) is 0 Å². The molecule has 0 saturated carbocycles. The predicted octanol–water partition coefficient (Wildman–Crippen LogP) is -0.242. The smallest absolute Gasteiger partial charge is 0.327 e. The van der Waals surface area contributed by atoms with E-state index in [4.69, 9.17) is 16.3 Å². The van der Waals surface area contributed by atoms with E-state index in [1.165, 1.54) is 0 Å². The Bertz CT molecular complexity index is 288. The van der Waals surface area contributed by atoms with Crippen LogP contribution in [0.25, 0.3) is 0 Å². The van der Waals surface area contributed by atoms with Gasteiger partial charge in [0, 0.05) is 13.0 Å². The van der Waals surface area contributed by atoms with Crippen molar-refractivity contribution in [1.29, 1.82) is 0 Å². The van der Waals surface area contributed by atoms with Crippen LogP contribution in [0, 0.1) is 12.3 Å². The zero-order valence-corrected chi connectivity index (χ0v) is 8.23. The molecule has 0 spiro atoms. The standard InChI is InChI=1S/C10H13NO4/c1-2-4-7(10(13)14)11-9(12)8-5-3-6-15-8/h1,7-8H,3-6H2,(H,11,12)(H,13,14)/t7-,8+/m0/s1. The molecule has 82 valence electrons. The number of carbonyl (C=O) groups is 2. The summed E-state index contributed by atoms with van der Waals surface area (Å²) >= 11 is 0. The zero-order valence-electron chi connectivity index (χ0n) is 8.23. The molecule has 0 radical (unpaired) electrons. The van der Waals surface area contributed by atoms with Crippen molar-refractivity contribution in [2.45, 2.75) is 31.4 Å². The third-order valence-electron chi connectivity index (χ3n) is 2.16. The summed E-state index contributed by atoms with van der Waals surface area (Å²) in [6, 6.07) is -1.02. The van der Waals surface area contributed by atoms with E-state index in [0.717, 1.165) is 6.42 Å². The van der Waals surface area contributed by atoms with E-state index in [1.807, 2.05) is 0 Å². The van der Waals surface area contributed by atoms with Gasteiger partial charge in [0.2, 0.25) is 5.91 Å². The number of carboxylic acids is 1. The van der Waals surface area contributed by atoms with Gasteiger partial charge in [0.15, 0.2) is 0 Å². The number of amides is 1. The fraction of sp³-hybridized carbons (Fsp3) is 0.600. The number of hydrogen-bond donors (Lipinski definition) is 2. The van der Waals surface area contributed by atoms with Crippen LogP contribution in [-0.2, 0) is 14.3 Å². The largest absolute Gasteiger partial charge is 0.480 e. The summed E-state index contributed by atoms with van der Waals surface area (Å²) in [5.74, 6) is 0.690. The molecule has 1 fully saturated rings. The lowest BCUT2D eigenvalue weighted by Crippen LogP contribution is -2.45. The molecule has 0 aliphatic carbocycles. The number of carboxylic acid groups (broad SMARTS) is 1. The molecule has 2 N–H and O–H groups in total. The van der Waals surface area contributed by atoms with Gasteiger partial charge in [-0.2, -0.15) is 0 Å². The number of nitrogens with one attached hydrogen (secondary N) is 1. The summed E-state index contributed by atoms with van der Waals surface area (Å²) < 4.78 is 5.12. The van der Waals surface area contributed by atoms with Crippen molar-refractivity contribution in [3.8, 4) is 12.3 Å². The Morgan fingerprint density at radius 2 is 2.40 bits per heavy atom. The first-order valence-corrected chi connectivity index (χ1v) is 4.73. The van der Waals surface area contributed by atoms with Crippen LogP contribution >= 0.6 is 0 Å². The van der Waals surface area contributed by atoms with Gasteiger partial charge >= 0.3 is 5.97 Å². The number of rotatable bonds is 4. The van der Waals surface area contributed by atoms with E-state index in [1.54, 1.807) is 0 Å². The van der Waals surface area contributed by atoms with Gasteiger partial charge in [-0.1, -0.05) is 0 Å². The van der Waals surface area contributed by atoms with Gasteiger partial charge in [-0.15, -0.1) is 12.3 Å². The van der Waals surface area contributed by atoms with Crippen LogP contribution < -0.4 is 5.32 Å². The molecule has 0 aromatic rings. The number of hydrogen-bond acceptors (Lipinski definition) is 3. The molecule has 1 saturated heterocycles. The maximum atomic E-state index is 11.5. The highest BCUT2D eigenvalue weighted by atomic mass is 16.5. The van der Waals surface area contributed by atoms with Crippen LogP contribution in [-0.4, -0.2) is 35.7 Å². The molecule has 1 heterocycles. The molecule has 0 bridgehead atoms. The van der Waals surface area contributed by atoms with E-state index in [2.05, 4.69) is 11.2 Å². The topological polar surface area (TPSA) is 75.6 Å². The van der Waals surface area contributed by atoms with E-state index in [0.29, 0.717) is 13.0 Å². The van der Waals surface area contributed by atoms with Gasteiger partial charge in [0.1, 0.15) is 12.1 Å². The molecule has 1 aliphatic rings. The van der Waals surface area contributed by atoms with Crippen molar-refractivity contribution in [2.24, 2.45) is 0 Å². The van der Waals surface area contributed by atoms with E-state index in [-0.39, 0.29) is 6.42 Å². The van der Waals surface area contributed by atoms with Gasteiger partial charge in [0.25, 0.3) is 0 Å². The lowest BCUT2D eigenvalue weighted by atomic mass is 10.2. The second kappa shape index (κ2) is 5.37. The maximum absolute atomic E-state index is 11.5. The molecule has 2 atom stereocenters. The minimum absolute atomic E-state index is 0.0200. The van der Waals surface area contributed by atoms with Crippen molar-refractivity contribution >= 4 is 11.9 Å². The van der Waals surface area contributed by atoms with Gasteiger partial charge in [-0.25, -0.2) is 4.79 Å². The van der Waals surface area contributed by atoms with E-state index in [9.17, 15) is 9.59 Å². The second-order valence-electron chi connectivity index (χ2n) is 3.31. The molecule has 1 rings (SSSR count). The Morgan fingerprint density at radius 3 is 2.87 bits per heavy atom. The molecule has 1 amide bonds. The van der Waals surface area contributed by atoms with Crippen LogP contribution in [0.15, 0.2) is 0 Å². The van der Waals surface area contributed by atoms with Gasteiger partial charge in [-0.05, 0) is 12.8 Å². The SMILES string of the molecule is C#CC[C@H](NC(=O)[C@H]1CCCO1)C(=O)O. The van der Waals surface area contributed by atoms with Gasteiger partial charge in [0.05, 0.1) is 0 Å². The molecular weight excluding hydrogens is 198 g/mol.